The van der Waals surface area contributed by atoms with Crippen LogP contribution in [0, 0.1) is 12.8 Å². The summed E-state index contributed by atoms with van der Waals surface area (Å²) < 4.78 is 0. The third-order valence-electron chi connectivity index (χ3n) is 1.86. The molecule has 0 aliphatic rings. The van der Waals surface area contributed by atoms with Crippen molar-refractivity contribution in [2.45, 2.75) is 13.8 Å². The van der Waals surface area contributed by atoms with Crippen molar-refractivity contribution < 1.29 is 5.11 Å². The summed E-state index contributed by atoms with van der Waals surface area (Å²) in [6, 6.07) is 3.95. The van der Waals surface area contributed by atoms with Gasteiger partial charge in [0.15, 0.2) is 0 Å². The number of hydrogen-bond acceptors (Lipinski definition) is 3. The van der Waals surface area contributed by atoms with E-state index in [2.05, 4.69) is 10.3 Å². The number of nitrogens with zero attached hydrogens (tertiary/aromatic N) is 1. The van der Waals surface area contributed by atoms with Gasteiger partial charge in [0.25, 0.3) is 0 Å². The van der Waals surface area contributed by atoms with Gasteiger partial charge in [-0.25, -0.2) is 4.98 Å². The molecule has 0 aromatic carbocycles. The first-order valence-corrected chi connectivity index (χ1v) is 4.49. The number of nitrogens with one attached hydrogen (secondary N) is 1. The molecule has 0 saturated heterocycles. The minimum absolute atomic E-state index is 0.207. The van der Waals surface area contributed by atoms with Crippen LogP contribution in [0.25, 0.3) is 0 Å². The second kappa shape index (κ2) is 4.82. The van der Waals surface area contributed by atoms with Gasteiger partial charge < -0.3 is 10.4 Å². The predicted octanol–water partition coefficient (Wildman–Crippen LogP) is 1.43. The van der Waals surface area contributed by atoms with Gasteiger partial charge in [-0.05, 0) is 30.5 Å². The maximum Gasteiger partial charge on any atom is 0.126 e. The summed E-state index contributed by atoms with van der Waals surface area (Å²) in [5.41, 5.74) is 1.19. The normalized spacial score (nSPS) is 12.5. The molecule has 0 radical (unpaired) electrons. The summed E-state index contributed by atoms with van der Waals surface area (Å²) in [7, 11) is 0. The molecule has 1 heterocycles. The number of pyridine rings is 1. The zero-order chi connectivity index (χ0) is 9.68. The van der Waals surface area contributed by atoms with Gasteiger partial charge in [0.2, 0.25) is 0 Å². The number of aliphatic hydroxyl groups is 1. The Morgan fingerprint density at radius 3 is 3.00 bits per heavy atom. The van der Waals surface area contributed by atoms with E-state index >= 15 is 0 Å². The molecule has 0 aliphatic heterocycles. The van der Waals surface area contributed by atoms with Crippen molar-refractivity contribution in [1.82, 2.24) is 4.98 Å². The van der Waals surface area contributed by atoms with E-state index in [1.165, 1.54) is 5.56 Å². The molecular weight excluding hydrogens is 164 g/mol. The van der Waals surface area contributed by atoms with Crippen molar-refractivity contribution in [3.63, 3.8) is 0 Å². The smallest absolute Gasteiger partial charge is 0.126 e. The average Bonchev–Trinajstić information content (AvgIpc) is 2.14. The molecule has 1 aromatic heterocycles. The van der Waals surface area contributed by atoms with Gasteiger partial charge in [-0.3, -0.25) is 0 Å². The first kappa shape index (κ1) is 9.99. The summed E-state index contributed by atoms with van der Waals surface area (Å²) in [6.45, 7) is 4.98. The molecule has 2 N–H and O–H groups in total. The van der Waals surface area contributed by atoms with Gasteiger partial charge in [-0.15, -0.1) is 0 Å². The van der Waals surface area contributed by atoms with E-state index in [-0.39, 0.29) is 12.5 Å². The van der Waals surface area contributed by atoms with Gasteiger partial charge in [-0.1, -0.05) is 6.92 Å². The highest BCUT2D eigenvalue weighted by Gasteiger charge is 1.99. The zero-order valence-corrected chi connectivity index (χ0v) is 8.12. The van der Waals surface area contributed by atoms with Crippen molar-refractivity contribution in [2.75, 3.05) is 18.5 Å². The topological polar surface area (TPSA) is 45.2 Å². The fraction of sp³-hybridized carbons (Fsp3) is 0.500. The van der Waals surface area contributed by atoms with Crippen LogP contribution in [0.1, 0.15) is 12.5 Å². The van der Waals surface area contributed by atoms with Crippen LogP contribution in [0.15, 0.2) is 18.3 Å². The summed E-state index contributed by atoms with van der Waals surface area (Å²) >= 11 is 0. The lowest BCUT2D eigenvalue weighted by Gasteiger charge is -2.09. The monoisotopic (exact) mass is 180 g/mol. The van der Waals surface area contributed by atoms with E-state index in [9.17, 15) is 0 Å². The summed E-state index contributed by atoms with van der Waals surface area (Å²) in [5, 5.41) is 12.0. The molecule has 0 amide bonds. The third kappa shape index (κ3) is 3.42. The second-order valence-corrected chi connectivity index (χ2v) is 3.39. The number of anilines is 1. The fourth-order valence-electron chi connectivity index (χ4n) is 0.976. The lowest BCUT2D eigenvalue weighted by molar-refractivity contribution is 0.244. The Kier molecular flexibility index (Phi) is 3.71. The Hall–Kier alpha value is -1.09. The van der Waals surface area contributed by atoms with Crippen molar-refractivity contribution in [2.24, 2.45) is 5.92 Å². The first-order chi connectivity index (χ1) is 6.22. The van der Waals surface area contributed by atoms with Crippen LogP contribution in [0.5, 0.6) is 0 Å². The molecule has 1 unspecified atom stereocenters. The first-order valence-electron chi connectivity index (χ1n) is 4.49. The maximum atomic E-state index is 8.81. The van der Waals surface area contributed by atoms with Crippen LogP contribution in [-0.2, 0) is 0 Å². The van der Waals surface area contributed by atoms with Crippen molar-refractivity contribution >= 4 is 5.82 Å². The van der Waals surface area contributed by atoms with Gasteiger partial charge >= 0.3 is 0 Å². The molecule has 0 spiro atoms. The maximum absolute atomic E-state index is 8.81. The molecule has 13 heavy (non-hydrogen) atoms. The minimum atomic E-state index is 0.207. The van der Waals surface area contributed by atoms with Gasteiger partial charge in [-0.2, -0.15) is 0 Å². The van der Waals surface area contributed by atoms with Crippen molar-refractivity contribution in [3.8, 4) is 0 Å². The van der Waals surface area contributed by atoms with Crippen LogP contribution in [-0.4, -0.2) is 23.2 Å². The quantitative estimate of drug-likeness (QED) is 0.736. The van der Waals surface area contributed by atoms with Gasteiger partial charge in [0.05, 0.1) is 0 Å². The van der Waals surface area contributed by atoms with E-state index < -0.39 is 0 Å². The number of rotatable bonds is 4. The number of aliphatic hydroxyl groups excluding tert-OH is 1. The van der Waals surface area contributed by atoms with Crippen molar-refractivity contribution in [3.05, 3.63) is 23.9 Å². The van der Waals surface area contributed by atoms with Crippen LogP contribution < -0.4 is 5.32 Å². The van der Waals surface area contributed by atoms with Crippen LogP contribution in [0.2, 0.25) is 0 Å². The molecule has 0 bridgehead atoms. The molecule has 1 aromatic rings. The van der Waals surface area contributed by atoms with Crippen LogP contribution in [0.3, 0.4) is 0 Å². The SMILES string of the molecule is Cc1ccnc(NCC(C)CO)c1. The van der Waals surface area contributed by atoms with E-state index in [0.717, 1.165) is 12.4 Å². The molecule has 0 aliphatic carbocycles. The number of aryl methyl sites for hydroxylation is 1. The van der Waals surface area contributed by atoms with Crippen LogP contribution >= 0.6 is 0 Å². The Balaban J connectivity index is 2.45. The Bertz CT molecular complexity index is 263. The largest absolute Gasteiger partial charge is 0.396 e. The summed E-state index contributed by atoms with van der Waals surface area (Å²) in [4.78, 5) is 4.15. The molecule has 1 rings (SSSR count). The number of hydrogen-bond donors (Lipinski definition) is 2. The van der Waals surface area contributed by atoms with E-state index in [1.54, 1.807) is 6.20 Å². The molecule has 3 heteroatoms. The molecular formula is C10H16N2O. The zero-order valence-electron chi connectivity index (χ0n) is 8.12. The molecule has 3 nitrogen and oxygen atoms in total. The summed E-state index contributed by atoms with van der Waals surface area (Å²) in [6.07, 6.45) is 1.78. The standard InChI is InChI=1S/C10H16N2O/c1-8-3-4-11-10(5-8)12-6-9(2)7-13/h3-5,9,13H,6-7H2,1-2H3,(H,11,12). The lowest BCUT2D eigenvalue weighted by atomic mass is 10.2. The Morgan fingerprint density at radius 1 is 1.62 bits per heavy atom. The number of aromatic nitrogens is 1. The van der Waals surface area contributed by atoms with Gasteiger partial charge in [0.1, 0.15) is 5.82 Å². The van der Waals surface area contributed by atoms with Crippen LogP contribution in [0.4, 0.5) is 5.82 Å². The highest BCUT2D eigenvalue weighted by molar-refractivity contribution is 5.36. The molecule has 0 fully saturated rings. The predicted molar refractivity (Wildman–Crippen MR) is 53.7 cm³/mol. The fourth-order valence-corrected chi connectivity index (χ4v) is 0.976. The molecule has 72 valence electrons. The molecule has 0 saturated carbocycles. The van der Waals surface area contributed by atoms with E-state index in [0.29, 0.717) is 0 Å². The minimum Gasteiger partial charge on any atom is -0.396 e. The molecule has 1 atom stereocenters. The van der Waals surface area contributed by atoms with Gasteiger partial charge in [0, 0.05) is 19.3 Å². The second-order valence-electron chi connectivity index (χ2n) is 3.39. The Morgan fingerprint density at radius 2 is 2.38 bits per heavy atom. The average molecular weight is 180 g/mol. The van der Waals surface area contributed by atoms with Crippen molar-refractivity contribution in [1.29, 1.82) is 0 Å². The highest BCUT2D eigenvalue weighted by atomic mass is 16.3. The van der Waals surface area contributed by atoms with E-state index in [1.807, 2.05) is 26.0 Å². The third-order valence-corrected chi connectivity index (χ3v) is 1.86. The summed E-state index contributed by atoms with van der Waals surface area (Å²) in [5.74, 6) is 1.14. The highest BCUT2D eigenvalue weighted by Crippen LogP contribution is 2.05. The van der Waals surface area contributed by atoms with E-state index in [4.69, 9.17) is 5.11 Å². The Labute approximate surface area is 78.8 Å². The lowest BCUT2D eigenvalue weighted by Crippen LogP contribution is -2.15.